The third-order valence-electron chi connectivity index (χ3n) is 2.91. The van der Waals surface area contributed by atoms with Crippen LogP contribution < -0.4 is 5.32 Å². The summed E-state index contributed by atoms with van der Waals surface area (Å²) in [7, 11) is 0. The fourth-order valence-corrected chi connectivity index (χ4v) is 2.10. The Morgan fingerprint density at radius 3 is 2.95 bits per heavy atom. The molecule has 1 aliphatic rings. The highest BCUT2D eigenvalue weighted by atomic mass is 35.5. The summed E-state index contributed by atoms with van der Waals surface area (Å²) in [4.78, 5) is 23.2. The van der Waals surface area contributed by atoms with E-state index in [0.29, 0.717) is 24.3 Å². The SMILES string of the molecule is N#Cc1ccc(NC(=O)COC(=O)[C@@H]2CCCO2)cc1Cl. The zero-order valence-corrected chi connectivity index (χ0v) is 11.9. The predicted molar refractivity (Wildman–Crippen MR) is 74.7 cm³/mol. The van der Waals surface area contributed by atoms with E-state index >= 15 is 0 Å². The molecule has 1 saturated heterocycles. The average Bonchev–Trinajstić information content (AvgIpc) is 2.99. The van der Waals surface area contributed by atoms with Crippen molar-refractivity contribution in [3.05, 3.63) is 28.8 Å². The number of hydrogen-bond donors (Lipinski definition) is 1. The zero-order chi connectivity index (χ0) is 15.2. The van der Waals surface area contributed by atoms with Crippen molar-refractivity contribution in [3.63, 3.8) is 0 Å². The molecule has 1 fully saturated rings. The van der Waals surface area contributed by atoms with Crippen molar-refractivity contribution in [3.8, 4) is 6.07 Å². The van der Waals surface area contributed by atoms with Crippen LogP contribution in [0.25, 0.3) is 0 Å². The van der Waals surface area contributed by atoms with E-state index in [0.717, 1.165) is 6.42 Å². The van der Waals surface area contributed by atoms with Crippen molar-refractivity contribution in [2.45, 2.75) is 18.9 Å². The van der Waals surface area contributed by atoms with Crippen LogP contribution in [-0.2, 0) is 19.1 Å². The fraction of sp³-hybridized carbons (Fsp3) is 0.357. The second kappa shape index (κ2) is 7.07. The highest BCUT2D eigenvalue weighted by Crippen LogP contribution is 2.20. The minimum atomic E-state index is -0.567. The first-order valence-electron chi connectivity index (χ1n) is 6.38. The number of hydrogen-bond acceptors (Lipinski definition) is 5. The average molecular weight is 309 g/mol. The van der Waals surface area contributed by atoms with Gasteiger partial charge in [0, 0.05) is 12.3 Å². The number of nitriles is 1. The fourth-order valence-electron chi connectivity index (χ4n) is 1.87. The van der Waals surface area contributed by atoms with Crippen LogP contribution in [-0.4, -0.2) is 31.2 Å². The van der Waals surface area contributed by atoms with Crippen LogP contribution in [0.5, 0.6) is 0 Å². The molecule has 0 radical (unpaired) electrons. The van der Waals surface area contributed by atoms with Crippen LogP contribution in [0.3, 0.4) is 0 Å². The van der Waals surface area contributed by atoms with Gasteiger partial charge in [-0.15, -0.1) is 0 Å². The Morgan fingerprint density at radius 2 is 2.33 bits per heavy atom. The van der Waals surface area contributed by atoms with Gasteiger partial charge in [0.05, 0.1) is 10.6 Å². The predicted octanol–water partition coefficient (Wildman–Crippen LogP) is 1.87. The van der Waals surface area contributed by atoms with Crippen molar-refractivity contribution >= 4 is 29.2 Å². The highest BCUT2D eigenvalue weighted by molar-refractivity contribution is 6.32. The number of carbonyl (C=O) groups is 2. The first kappa shape index (κ1) is 15.3. The lowest BCUT2D eigenvalue weighted by molar-refractivity contribution is -0.156. The van der Waals surface area contributed by atoms with Crippen molar-refractivity contribution in [2.24, 2.45) is 0 Å². The molecule has 2 rings (SSSR count). The second-order valence-corrected chi connectivity index (χ2v) is 4.87. The summed E-state index contributed by atoms with van der Waals surface area (Å²) in [5.41, 5.74) is 0.747. The molecule has 110 valence electrons. The molecule has 0 aromatic heterocycles. The number of halogens is 1. The van der Waals surface area contributed by atoms with Crippen LogP contribution in [0.4, 0.5) is 5.69 Å². The summed E-state index contributed by atoms with van der Waals surface area (Å²) in [5.74, 6) is -1.01. The van der Waals surface area contributed by atoms with Crippen molar-refractivity contribution in [1.82, 2.24) is 0 Å². The molecule has 1 atom stereocenters. The summed E-state index contributed by atoms with van der Waals surface area (Å²) in [6, 6.07) is 6.42. The van der Waals surface area contributed by atoms with Gasteiger partial charge in [0.25, 0.3) is 5.91 Å². The number of benzene rings is 1. The summed E-state index contributed by atoms with van der Waals surface area (Å²) in [5, 5.41) is 11.5. The van der Waals surface area contributed by atoms with Crippen LogP contribution in [0.2, 0.25) is 5.02 Å². The van der Waals surface area contributed by atoms with E-state index in [1.807, 2.05) is 6.07 Å². The molecule has 0 bridgehead atoms. The van der Waals surface area contributed by atoms with E-state index in [9.17, 15) is 9.59 Å². The van der Waals surface area contributed by atoms with Gasteiger partial charge in [-0.3, -0.25) is 4.79 Å². The Labute approximate surface area is 126 Å². The number of nitrogens with zero attached hydrogens (tertiary/aromatic N) is 1. The van der Waals surface area contributed by atoms with E-state index in [4.69, 9.17) is 26.3 Å². The summed E-state index contributed by atoms with van der Waals surface area (Å²) in [6.45, 7) is 0.145. The Hall–Kier alpha value is -2.10. The van der Waals surface area contributed by atoms with Gasteiger partial charge in [0.15, 0.2) is 12.7 Å². The van der Waals surface area contributed by atoms with E-state index in [1.54, 1.807) is 6.07 Å². The largest absolute Gasteiger partial charge is 0.454 e. The summed E-state index contributed by atoms with van der Waals surface area (Å²) >= 11 is 5.85. The van der Waals surface area contributed by atoms with Crippen LogP contribution in [0, 0.1) is 11.3 Å². The first-order chi connectivity index (χ1) is 10.1. The number of rotatable bonds is 4. The second-order valence-electron chi connectivity index (χ2n) is 4.46. The Kier molecular flexibility index (Phi) is 5.14. The minimum Gasteiger partial charge on any atom is -0.454 e. The van der Waals surface area contributed by atoms with Gasteiger partial charge < -0.3 is 14.8 Å². The van der Waals surface area contributed by atoms with Gasteiger partial charge in [-0.25, -0.2) is 4.79 Å². The van der Waals surface area contributed by atoms with Gasteiger partial charge in [0.2, 0.25) is 0 Å². The molecule has 1 aliphatic heterocycles. The van der Waals surface area contributed by atoms with Gasteiger partial charge >= 0.3 is 5.97 Å². The number of carbonyl (C=O) groups excluding carboxylic acids is 2. The summed E-state index contributed by atoms with van der Waals surface area (Å²) in [6.07, 6.45) is 0.864. The summed E-state index contributed by atoms with van der Waals surface area (Å²) < 4.78 is 10.0. The van der Waals surface area contributed by atoms with Gasteiger partial charge in [-0.2, -0.15) is 5.26 Å². The monoisotopic (exact) mass is 308 g/mol. The van der Waals surface area contributed by atoms with Crippen molar-refractivity contribution in [1.29, 1.82) is 5.26 Å². The van der Waals surface area contributed by atoms with Gasteiger partial charge in [-0.1, -0.05) is 11.6 Å². The lowest BCUT2D eigenvalue weighted by Gasteiger charge is -2.10. The molecular weight excluding hydrogens is 296 g/mol. The smallest absolute Gasteiger partial charge is 0.335 e. The quantitative estimate of drug-likeness (QED) is 0.858. The highest BCUT2D eigenvalue weighted by Gasteiger charge is 2.25. The molecular formula is C14H13ClN2O4. The molecule has 1 heterocycles. The van der Waals surface area contributed by atoms with Crippen molar-refractivity contribution in [2.75, 3.05) is 18.5 Å². The first-order valence-corrected chi connectivity index (χ1v) is 6.75. The number of anilines is 1. The normalized spacial score (nSPS) is 17.0. The number of ether oxygens (including phenoxy) is 2. The maximum Gasteiger partial charge on any atom is 0.335 e. The van der Waals surface area contributed by atoms with E-state index in [2.05, 4.69) is 5.32 Å². The van der Waals surface area contributed by atoms with E-state index in [-0.39, 0.29) is 5.02 Å². The molecule has 1 amide bonds. The maximum atomic E-state index is 11.7. The molecule has 21 heavy (non-hydrogen) atoms. The topological polar surface area (TPSA) is 88.4 Å². The lowest BCUT2D eigenvalue weighted by atomic mass is 10.2. The molecule has 1 N–H and O–H groups in total. The Balaban J connectivity index is 1.83. The van der Waals surface area contributed by atoms with Crippen molar-refractivity contribution < 1.29 is 19.1 Å². The standard InChI is InChI=1S/C14H13ClN2O4/c15-11-6-10(4-3-9(11)7-16)17-13(18)8-21-14(19)12-2-1-5-20-12/h3-4,6,12H,1-2,5,8H2,(H,17,18)/t12-/m0/s1. The number of amides is 1. The van der Waals surface area contributed by atoms with Crippen LogP contribution in [0.15, 0.2) is 18.2 Å². The maximum absolute atomic E-state index is 11.7. The molecule has 1 aromatic rings. The van der Waals surface area contributed by atoms with Crippen LogP contribution in [0.1, 0.15) is 18.4 Å². The molecule has 0 aliphatic carbocycles. The minimum absolute atomic E-state index is 0.242. The van der Waals surface area contributed by atoms with E-state index in [1.165, 1.54) is 12.1 Å². The molecule has 0 unspecified atom stereocenters. The number of nitrogens with one attached hydrogen (secondary N) is 1. The van der Waals surface area contributed by atoms with Gasteiger partial charge in [0.1, 0.15) is 6.07 Å². The Morgan fingerprint density at radius 1 is 1.52 bits per heavy atom. The zero-order valence-electron chi connectivity index (χ0n) is 11.1. The third kappa shape index (κ3) is 4.18. The number of esters is 1. The van der Waals surface area contributed by atoms with Crippen LogP contribution >= 0.6 is 11.6 Å². The van der Waals surface area contributed by atoms with Gasteiger partial charge in [-0.05, 0) is 31.0 Å². The molecule has 7 heteroatoms. The molecule has 0 saturated carbocycles. The molecule has 0 spiro atoms. The van der Waals surface area contributed by atoms with E-state index < -0.39 is 24.6 Å². The molecule has 1 aromatic carbocycles. The lowest BCUT2D eigenvalue weighted by Crippen LogP contribution is -2.27. The third-order valence-corrected chi connectivity index (χ3v) is 3.22. The Bertz CT molecular complexity index is 591. The molecule has 6 nitrogen and oxygen atoms in total.